The second-order valence-electron chi connectivity index (χ2n) is 7.89. The number of nitrogens with zero attached hydrogens (tertiary/aromatic N) is 2. The highest BCUT2D eigenvalue weighted by Gasteiger charge is 2.20. The van der Waals surface area contributed by atoms with E-state index in [9.17, 15) is 9.59 Å². The third-order valence-corrected chi connectivity index (χ3v) is 5.33. The van der Waals surface area contributed by atoms with E-state index in [1.807, 2.05) is 67.6 Å². The summed E-state index contributed by atoms with van der Waals surface area (Å²) < 4.78 is 5.25. The molecule has 178 valence electrons. The molecule has 4 rings (SSSR count). The number of esters is 1. The van der Waals surface area contributed by atoms with E-state index in [1.165, 1.54) is 0 Å². The normalized spacial score (nSPS) is 11.5. The fourth-order valence-electron chi connectivity index (χ4n) is 3.50. The van der Waals surface area contributed by atoms with Gasteiger partial charge in [0.2, 0.25) is 5.95 Å². The third kappa shape index (κ3) is 6.10. The lowest BCUT2D eigenvalue weighted by molar-refractivity contribution is -0.359. The quantitative estimate of drug-likeness (QED) is 0.277. The number of amides is 1. The zero-order valence-electron chi connectivity index (χ0n) is 19.3. The van der Waals surface area contributed by atoms with Crippen molar-refractivity contribution in [3.63, 3.8) is 0 Å². The first kappa shape index (κ1) is 23.7. The molecule has 0 aliphatic carbocycles. The molecular formula is C26H27N6O3+. The van der Waals surface area contributed by atoms with Crippen LogP contribution in [0.4, 0.5) is 11.6 Å². The maximum atomic E-state index is 13.0. The van der Waals surface area contributed by atoms with Crippen molar-refractivity contribution in [2.75, 3.05) is 18.5 Å². The highest BCUT2D eigenvalue weighted by Crippen LogP contribution is 2.24. The Morgan fingerprint density at radius 2 is 1.80 bits per heavy atom. The van der Waals surface area contributed by atoms with E-state index in [-0.39, 0.29) is 19.1 Å². The SMILES string of the molecule is Cc1cnc(Nc2ccccc2)nc1-c1c[nH]c(C(=O)N[C@H](COC(=O)C[NH3+])c2ccccc2)c1. The van der Waals surface area contributed by atoms with E-state index in [0.29, 0.717) is 17.3 Å². The Labute approximate surface area is 202 Å². The number of hydrogen-bond donors (Lipinski definition) is 4. The van der Waals surface area contributed by atoms with Crippen molar-refractivity contribution in [2.24, 2.45) is 0 Å². The molecule has 2 aromatic carbocycles. The molecule has 0 bridgehead atoms. The van der Waals surface area contributed by atoms with Gasteiger partial charge >= 0.3 is 5.97 Å². The first-order chi connectivity index (χ1) is 17.0. The molecule has 0 unspecified atom stereocenters. The first-order valence-corrected chi connectivity index (χ1v) is 11.2. The van der Waals surface area contributed by atoms with E-state index in [2.05, 4.69) is 31.3 Å². The monoisotopic (exact) mass is 471 g/mol. The van der Waals surface area contributed by atoms with Gasteiger partial charge in [0.05, 0.1) is 11.7 Å². The number of aromatic amines is 1. The molecule has 0 aliphatic heterocycles. The van der Waals surface area contributed by atoms with Crippen LogP contribution in [0.3, 0.4) is 0 Å². The highest BCUT2D eigenvalue weighted by atomic mass is 16.5. The number of benzene rings is 2. The predicted octanol–water partition coefficient (Wildman–Crippen LogP) is 2.78. The van der Waals surface area contributed by atoms with Crippen LogP contribution in [0.15, 0.2) is 79.1 Å². The Bertz CT molecular complexity index is 1290. The van der Waals surface area contributed by atoms with Crippen molar-refractivity contribution in [1.29, 1.82) is 0 Å². The first-order valence-electron chi connectivity index (χ1n) is 11.2. The number of nitrogens with one attached hydrogen (secondary N) is 3. The number of quaternary nitrogens is 1. The Kier molecular flexibility index (Phi) is 7.49. The zero-order chi connectivity index (χ0) is 24.6. The van der Waals surface area contributed by atoms with Crippen LogP contribution in [0.5, 0.6) is 0 Å². The van der Waals surface area contributed by atoms with E-state index in [1.54, 1.807) is 18.5 Å². The minimum atomic E-state index is -0.506. The molecule has 4 aromatic rings. The minimum absolute atomic E-state index is 0.0111. The number of rotatable bonds is 9. The lowest BCUT2D eigenvalue weighted by atomic mass is 10.1. The average molecular weight is 472 g/mol. The number of para-hydroxylation sites is 1. The molecule has 9 heteroatoms. The number of anilines is 2. The smallest absolute Gasteiger partial charge is 0.361 e. The van der Waals surface area contributed by atoms with Crippen LogP contribution in [-0.4, -0.2) is 40.0 Å². The van der Waals surface area contributed by atoms with Crippen LogP contribution in [0.1, 0.15) is 27.7 Å². The summed E-state index contributed by atoms with van der Waals surface area (Å²) in [7, 11) is 0. The van der Waals surface area contributed by atoms with Gasteiger partial charge < -0.3 is 26.1 Å². The molecule has 6 N–H and O–H groups in total. The van der Waals surface area contributed by atoms with Gasteiger partial charge in [0.25, 0.3) is 5.91 Å². The van der Waals surface area contributed by atoms with E-state index < -0.39 is 12.0 Å². The number of H-pyrrole nitrogens is 1. The lowest BCUT2D eigenvalue weighted by Gasteiger charge is -2.18. The number of carbonyl (C=O) groups is 2. The molecule has 35 heavy (non-hydrogen) atoms. The van der Waals surface area contributed by atoms with E-state index in [0.717, 1.165) is 22.4 Å². The molecule has 1 atom stereocenters. The van der Waals surface area contributed by atoms with Gasteiger partial charge in [-0.25, -0.2) is 14.8 Å². The lowest BCUT2D eigenvalue weighted by Crippen LogP contribution is -2.54. The second-order valence-corrected chi connectivity index (χ2v) is 7.89. The summed E-state index contributed by atoms with van der Waals surface area (Å²) in [4.78, 5) is 36.7. The topological polar surface area (TPSA) is 137 Å². The van der Waals surface area contributed by atoms with Crippen molar-refractivity contribution < 1.29 is 20.1 Å². The summed E-state index contributed by atoms with van der Waals surface area (Å²) in [5.74, 6) is -0.299. The molecule has 9 nitrogen and oxygen atoms in total. The largest absolute Gasteiger partial charge is 0.459 e. The number of aryl methyl sites for hydroxylation is 1. The maximum absolute atomic E-state index is 13.0. The highest BCUT2D eigenvalue weighted by molar-refractivity contribution is 5.94. The van der Waals surface area contributed by atoms with Crippen molar-refractivity contribution in [1.82, 2.24) is 20.3 Å². The van der Waals surface area contributed by atoms with Crippen molar-refractivity contribution in [3.8, 4) is 11.3 Å². The fraction of sp³-hybridized carbons (Fsp3) is 0.154. The summed E-state index contributed by atoms with van der Waals surface area (Å²) in [5.41, 5.74) is 7.93. The average Bonchev–Trinajstić information content (AvgIpc) is 3.39. The molecule has 1 amide bonds. The minimum Gasteiger partial charge on any atom is -0.459 e. The van der Waals surface area contributed by atoms with Crippen LogP contribution in [0, 0.1) is 6.92 Å². The zero-order valence-corrected chi connectivity index (χ0v) is 19.3. The summed E-state index contributed by atoms with van der Waals surface area (Å²) in [6.45, 7) is 1.95. The van der Waals surface area contributed by atoms with Crippen molar-refractivity contribution in [3.05, 3.63) is 95.9 Å². The summed E-state index contributed by atoms with van der Waals surface area (Å²) >= 11 is 0. The van der Waals surface area contributed by atoms with Crippen LogP contribution in [0.2, 0.25) is 0 Å². The van der Waals surface area contributed by atoms with Gasteiger partial charge in [-0.3, -0.25) is 4.79 Å². The molecule has 2 heterocycles. The predicted molar refractivity (Wildman–Crippen MR) is 132 cm³/mol. The Morgan fingerprint density at radius 3 is 2.51 bits per heavy atom. The van der Waals surface area contributed by atoms with Gasteiger partial charge in [0, 0.05) is 23.6 Å². The van der Waals surface area contributed by atoms with Crippen LogP contribution in [0.25, 0.3) is 11.3 Å². The molecular weight excluding hydrogens is 444 g/mol. The number of carbonyl (C=O) groups excluding carboxylic acids is 2. The summed E-state index contributed by atoms with van der Waals surface area (Å²) in [6, 6.07) is 20.2. The van der Waals surface area contributed by atoms with E-state index >= 15 is 0 Å². The van der Waals surface area contributed by atoms with Gasteiger partial charge in [0.1, 0.15) is 12.3 Å². The summed E-state index contributed by atoms with van der Waals surface area (Å²) in [6.07, 6.45) is 3.47. The van der Waals surface area contributed by atoms with Gasteiger partial charge in [-0.05, 0) is 36.2 Å². The second kappa shape index (κ2) is 11.1. The van der Waals surface area contributed by atoms with Crippen LogP contribution < -0.4 is 16.4 Å². The number of hydrogen-bond acceptors (Lipinski definition) is 6. The van der Waals surface area contributed by atoms with Gasteiger partial charge in [0.15, 0.2) is 6.54 Å². The summed E-state index contributed by atoms with van der Waals surface area (Å²) in [5, 5.41) is 6.13. The third-order valence-electron chi connectivity index (χ3n) is 5.33. The van der Waals surface area contributed by atoms with Gasteiger partial charge in [-0.1, -0.05) is 48.5 Å². The maximum Gasteiger partial charge on any atom is 0.361 e. The van der Waals surface area contributed by atoms with Gasteiger partial charge in [-0.2, -0.15) is 0 Å². The molecule has 2 aromatic heterocycles. The van der Waals surface area contributed by atoms with Crippen LogP contribution in [-0.2, 0) is 9.53 Å². The molecule has 0 fully saturated rings. The van der Waals surface area contributed by atoms with Crippen molar-refractivity contribution >= 4 is 23.5 Å². The molecule has 0 aliphatic rings. The Hall–Kier alpha value is -4.50. The standard InChI is InChI=1S/C26H26N6O3/c1-17-14-29-26(30-20-10-6-3-7-11-20)32-24(17)19-12-21(28-15-19)25(34)31-22(16-35-23(33)13-27)18-8-4-2-5-9-18/h2-12,14-15,22,28H,13,16,27H2,1H3,(H,31,34)(H,29,30,32)/p+1/t22-/m1/s1. The van der Waals surface area contributed by atoms with E-state index in [4.69, 9.17) is 4.74 Å². The van der Waals surface area contributed by atoms with Crippen molar-refractivity contribution in [2.45, 2.75) is 13.0 Å². The Morgan fingerprint density at radius 1 is 1.09 bits per heavy atom. The Balaban J connectivity index is 1.51. The molecule has 0 saturated heterocycles. The number of aromatic nitrogens is 3. The van der Waals surface area contributed by atoms with Crippen LogP contribution >= 0.6 is 0 Å². The number of ether oxygens (including phenoxy) is 1. The molecule has 0 radical (unpaired) electrons. The molecule has 0 saturated carbocycles. The fourth-order valence-corrected chi connectivity index (χ4v) is 3.50. The molecule has 0 spiro atoms. The van der Waals surface area contributed by atoms with Gasteiger partial charge in [-0.15, -0.1) is 0 Å².